The standard InChI is InChI=1S/C20H21ClFNO3/c1-14(24)15-8-10-16(11-9-15)26-12-4-7-20(25)23(2)13-17-18(21)5-3-6-19(17)22/h3,5-6,8-11H,4,7,12-13H2,1-2H3. The van der Waals surface area contributed by atoms with E-state index in [4.69, 9.17) is 16.3 Å². The highest BCUT2D eigenvalue weighted by atomic mass is 35.5. The van der Waals surface area contributed by atoms with E-state index < -0.39 is 5.82 Å². The van der Waals surface area contributed by atoms with Crippen molar-refractivity contribution >= 4 is 23.3 Å². The first-order chi connectivity index (χ1) is 12.4. The van der Waals surface area contributed by atoms with Crippen LogP contribution in [0.5, 0.6) is 5.75 Å². The maximum absolute atomic E-state index is 13.8. The van der Waals surface area contributed by atoms with Gasteiger partial charge in [-0.15, -0.1) is 0 Å². The zero-order valence-corrected chi connectivity index (χ0v) is 15.6. The van der Waals surface area contributed by atoms with Crippen LogP contribution in [-0.4, -0.2) is 30.2 Å². The molecule has 0 atom stereocenters. The molecular weight excluding hydrogens is 357 g/mol. The number of hydrogen-bond donors (Lipinski definition) is 0. The van der Waals surface area contributed by atoms with Crippen molar-refractivity contribution in [3.63, 3.8) is 0 Å². The molecule has 0 aliphatic rings. The van der Waals surface area contributed by atoms with E-state index in [1.54, 1.807) is 37.4 Å². The van der Waals surface area contributed by atoms with Crippen LogP contribution >= 0.6 is 11.6 Å². The van der Waals surface area contributed by atoms with Crippen molar-refractivity contribution in [3.05, 3.63) is 64.4 Å². The number of amides is 1. The molecule has 1 amide bonds. The van der Waals surface area contributed by atoms with Crippen LogP contribution in [0.15, 0.2) is 42.5 Å². The third-order valence-electron chi connectivity index (χ3n) is 3.95. The van der Waals surface area contributed by atoms with Gasteiger partial charge in [0.15, 0.2) is 5.78 Å². The summed E-state index contributed by atoms with van der Waals surface area (Å²) in [6.07, 6.45) is 0.816. The van der Waals surface area contributed by atoms with Crippen LogP contribution in [0.1, 0.15) is 35.7 Å². The molecule has 0 unspecified atom stereocenters. The number of carbonyl (C=O) groups excluding carboxylic acids is 2. The molecule has 0 aliphatic carbocycles. The Kier molecular flexibility index (Phi) is 7.16. The minimum atomic E-state index is -0.422. The Morgan fingerprint density at radius 3 is 2.46 bits per heavy atom. The Morgan fingerprint density at radius 2 is 1.85 bits per heavy atom. The highest BCUT2D eigenvalue weighted by Gasteiger charge is 2.14. The molecule has 0 saturated heterocycles. The molecule has 0 radical (unpaired) electrons. The number of benzene rings is 2. The highest BCUT2D eigenvalue weighted by molar-refractivity contribution is 6.31. The molecule has 0 aliphatic heterocycles. The van der Waals surface area contributed by atoms with E-state index in [0.717, 1.165) is 0 Å². The van der Waals surface area contributed by atoms with E-state index in [9.17, 15) is 14.0 Å². The Hall–Kier alpha value is -2.40. The van der Waals surface area contributed by atoms with Crippen LogP contribution in [0.25, 0.3) is 0 Å². The third kappa shape index (κ3) is 5.56. The average molecular weight is 378 g/mol. The summed E-state index contributed by atoms with van der Waals surface area (Å²) in [5.74, 6) is 0.114. The fraction of sp³-hybridized carbons (Fsp3) is 0.300. The van der Waals surface area contributed by atoms with Crippen LogP contribution in [0.3, 0.4) is 0 Å². The number of halogens is 2. The van der Waals surface area contributed by atoms with Gasteiger partial charge in [-0.1, -0.05) is 17.7 Å². The molecule has 26 heavy (non-hydrogen) atoms. The van der Waals surface area contributed by atoms with E-state index in [-0.39, 0.29) is 24.7 Å². The molecule has 0 heterocycles. The normalized spacial score (nSPS) is 10.5. The van der Waals surface area contributed by atoms with E-state index in [2.05, 4.69) is 0 Å². The van der Waals surface area contributed by atoms with Gasteiger partial charge in [0.1, 0.15) is 11.6 Å². The van der Waals surface area contributed by atoms with E-state index in [1.807, 2.05) is 0 Å². The summed E-state index contributed by atoms with van der Waals surface area (Å²) >= 11 is 5.98. The summed E-state index contributed by atoms with van der Waals surface area (Å²) in [7, 11) is 1.62. The summed E-state index contributed by atoms with van der Waals surface area (Å²) in [5, 5.41) is 0.307. The molecule has 0 fully saturated rings. The van der Waals surface area contributed by atoms with Crippen LogP contribution in [-0.2, 0) is 11.3 Å². The topological polar surface area (TPSA) is 46.6 Å². The van der Waals surface area contributed by atoms with Crippen LogP contribution in [0.4, 0.5) is 4.39 Å². The average Bonchev–Trinajstić information content (AvgIpc) is 2.62. The molecule has 0 saturated carbocycles. The van der Waals surface area contributed by atoms with E-state index in [0.29, 0.717) is 34.9 Å². The minimum absolute atomic E-state index is 0.000130. The summed E-state index contributed by atoms with van der Waals surface area (Å²) in [6, 6.07) is 11.3. The Balaban J connectivity index is 1.76. The van der Waals surface area contributed by atoms with Crippen molar-refractivity contribution in [1.82, 2.24) is 4.90 Å². The fourth-order valence-electron chi connectivity index (χ4n) is 2.40. The lowest BCUT2D eigenvalue weighted by atomic mass is 10.1. The van der Waals surface area contributed by atoms with Gasteiger partial charge in [-0.2, -0.15) is 0 Å². The van der Waals surface area contributed by atoms with E-state index >= 15 is 0 Å². The molecule has 6 heteroatoms. The second-order valence-corrected chi connectivity index (χ2v) is 6.39. The first-order valence-corrected chi connectivity index (χ1v) is 8.67. The SMILES string of the molecule is CC(=O)c1ccc(OCCCC(=O)N(C)Cc2c(F)cccc2Cl)cc1. The Morgan fingerprint density at radius 1 is 1.15 bits per heavy atom. The van der Waals surface area contributed by atoms with Crippen molar-refractivity contribution in [2.45, 2.75) is 26.3 Å². The maximum atomic E-state index is 13.8. The summed E-state index contributed by atoms with van der Waals surface area (Å²) in [6.45, 7) is 2.00. The van der Waals surface area contributed by atoms with Gasteiger partial charge in [-0.3, -0.25) is 9.59 Å². The monoisotopic (exact) mass is 377 g/mol. The number of nitrogens with zero attached hydrogens (tertiary/aromatic N) is 1. The van der Waals surface area contributed by atoms with Gasteiger partial charge < -0.3 is 9.64 Å². The predicted molar refractivity (Wildman–Crippen MR) is 99.1 cm³/mol. The molecule has 2 aromatic rings. The van der Waals surface area contributed by atoms with Gasteiger partial charge in [0.05, 0.1) is 6.61 Å². The molecule has 2 aromatic carbocycles. The summed E-state index contributed by atoms with van der Waals surface area (Å²) < 4.78 is 19.3. The molecule has 0 aromatic heterocycles. The summed E-state index contributed by atoms with van der Waals surface area (Å²) in [4.78, 5) is 24.8. The van der Waals surface area contributed by atoms with Gasteiger partial charge >= 0.3 is 0 Å². The van der Waals surface area contributed by atoms with Gasteiger partial charge in [-0.25, -0.2) is 4.39 Å². The highest BCUT2D eigenvalue weighted by Crippen LogP contribution is 2.20. The van der Waals surface area contributed by atoms with Gasteiger partial charge in [-0.05, 0) is 49.7 Å². The van der Waals surface area contributed by atoms with Gasteiger partial charge in [0, 0.05) is 36.2 Å². The van der Waals surface area contributed by atoms with Crippen LogP contribution in [0, 0.1) is 5.82 Å². The molecule has 4 nitrogen and oxygen atoms in total. The first kappa shape index (κ1) is 19.9. The van der Waals surface area contributed by atoms with Crippen molar-refractivity contribution in [3.8, 4) is 5.75 Å². The number of carbonyl (C=O) groups is 2. The number of rotatable bonds is 8. The number of ether oxygens (including phenoxy) is 1. The lowest BCUT2D eigenvalue weighted by Gasteiger charge is -2.18. The zero-order chi connectivity index (χ0) is 19.1. The molecule has 0 bridgehead atoms. The van der Waals surface area contributed by atoms with E-state index in [1.165, 1.54) is 24.0 Å². The lowest BCUT2D eigenvalue weighted by Crippen LogP contribution is -2.27. The quantitative estimate of drug-likeness (QED) is 0.502. The van der Waals surface area contributed by atoms with Crippen molar-refractivity contribution in [2.24, 2.45) is 0 Å². The molecule has 0 spiro atoms. The Labute approximate surface area is 157 Å². The molecule has 2 rings (SSSR count). The smallest absolute Gasteiger partial charge is 0.222 e. The number of hydrogen-bond acceptors (Lipinski definition) is 3. The van der Waals surface area contributed by atoms with Crippen LogP contribution < -0.4 is 4.74 Å². The molecule has 138 valence electrons. The van der Waals surface area contributed by atoms with Crippen LogP contribution in [0.2, 0.25) is 5.02 Å². The third-order valence-corrected chi connectivity index (χ3v) is 4.30. The van der Waals surface area contributed by atoms with Gasteiger partial charge in [0.25, 0.3) is 0 Å². The largest absolute Gasteiger partial charge is 0.494 e. The number of Topliss-reactive ketones (excluding diaryl/α,β-unsaturated/α-hetero) is 1. The van der Waals surface area contributed by atoms with Crippen molar-refractivity contribution in [1.29, 1.82) is 0 Å². The zero-order valence-electron chi connectivity index (χ0n) is 14.8. The number of ketones is 1. The second-order valence-electron chi connectivity index (χ2n) is 5.98. The fourth-order valence-corrected chi connectivity index (χ4v) is 2.62. The summed E-state index contributed by atoms with van der Waals surface area (Å²) in [5.41, 5.74) is 0.938. The lowest BCUT2D eigenvalue weighted by molar-refractivity contribution is -0.130. The predicted octanol–water partition coefficient (Wildman–Crippen LogP) is 4.50. The first-order valence-electron chi connectivity index (χ1n) is 8.29. The molecular formula is C20H21ClFNO3. The second kappa shape index (κ2) is 9.34. The van der Waals surface area contributed by atoms with Crippen molar-refractivity contribution < 1.29 is 18.7 Å². The van der Waals surface area contributed by atoms with Gasteiger partial charge in [0.2, 0.25) is 5.91 Å². The molecule has 0 N–H and O–H groups in total. The van der Waals surface area contributed by atoms with Crippen molar-refractivity contribution in [2.75, 3.05) is 13.7 Å². The Bertz CT molecular complexity index is 757. The minimum Gasteiger partial charge on any atom is -0.494 e. The maximum Gasteiger partial charge on any atom is 0.222 e.